The molecule has 5 heteroatoms. The van der Waals surface area contributed by atoms with Gasteiger partial charge in [-0.15, -0.1) is 0 Å². The number of benzene rings is 1. The third kappa shape index (κ3) is 2.76. The fraction of sp³-hybridized carbons (Fsp3) is 0.571. The van der Waals surface area contributed by atoms with Crippen LogP contribution in [0.2, 0.25) is 0 Å². The van der Waals surface area contributed by atoms with Crippen LogP contribution < -0.4 is 5.32 Å². The van der Waals surface area contributed by atoms with Crippen molar-refractivity contribution in [3.05, 3.63) is 28.2 Å². The fourth-order valence-corrected chi connectivity index (χ4v) is 3.13. The Kier molecular flexibility index (Phi) is 3.08. The molecule has 1 aromatic carbocycles. The van der Waals surface area contributed by atoms with Crippen LogP contribution in [0.4, 0.5) is 18.9 Å². The Morgan fingerprint density at radius 2 is 1.95 bits per heavy atom. The van der Waals surface area contributed by atoms with E-state index in [0.717, 1.165) is 24.8 Å². The number of nitrogens with one attached hydrogen (secondary N) is 1. The van der Waals surface area contributed by atoms with E-state index in [1.807, 2.05) is 0 Å². The fourth-order valence-electron chi connectivity index (χ4n) is 2.77. The average Bonchev–Trinajstić information content (AvgIpc) is 3.17. The molecule has 3 rings (SSSR count). The minimum Gasteiger partial charge on any atom is -0.384 e. The Morgan fingerprint density at radius 1 is 1.26 bits per heavy atom. The number of anilines is 1. The Balaban J connectivity index is 1.77. The Bertz CT molecular complexity index is 490. The molecule has 2 fully saturated rings. The zero-order chi connectivity index (χ0) is 13.7. The second-order valence-electron chi connectivity index (χ2n) is 5.68. The zero-order valence-corrected chi connectivity index (χ0v) is 11.9. The summed E-state index contributed by atoms with van der Waals surface area (Å²) in [4.78, 5) is 0. The summed E-state index contributed by atoms with van der Waals surface area (Å²) in [5, 5.41) is 3.03. The van der Waals surface area contributed by atoms with Crippen molar-refractivity contribution < 1.29 is 13.2 Å². The van der Waals surface area contributed by atoms with Gasteiger partial charge in [0.05, 0.1) is 5.56 Å². The van der Waals surface area contributed by atoms with E-state index in [0.29, 0.717) is 11.0 Å². The van der Waals surface area contributed by atoms with Gasteiger partial charge in [-0.2, -0.15) is 13.2 Å². The highest BCUT2D eigenvalue weighted by Gasteiger charge is 2.53. The van der Waals surface area contributed by atoms with Crippen LogP contribution in [0.5, 0.6) is 0 Å². The highest BCUT2D eigenvalue weighted by Crippen LogP contribution is 2.61. The molecule has 0 radical (unpaired) electrons. The largest absolute Gasteiger partial charge is 0.418 e. The van der Waals surface area contributed by atoms with Gasteiger partial charge in [0.25, 0.3) is 0 Å². The Labute approximate surface area is 118 Å². The second kappa shape index (κ2) is 4.40. The molecule has 104 valence electrons. The molecule has 0 spiro atoms. The first-order chi connectivity index (χ1) is 8.91. The lowest BCUT2D eigenvalue weighted by molar-refractivity contribution is -0.137. The van der Waals surface area contributed by atoms with Crippen molar-refractivity contribution in [3.8, 4) is 0 Å². The van der Waals surface area contributed by atoms with Crippen LogP contribution in [0.25, 0.3) is 0 Å². The van der Waals surface area contributed by atoms with E-state index in [1.54, 1.807) is 0 Å². The summed E-state index contributed by atoms with van der Waals surface area (Å²) in [6.07, 6.45) is 0.484. The first kappa shape index (κ1) is 13.3. The molecule has 2 saturated carbocycles. The normalized spacial score (nSPS) is 21.3. The van der Waals surface area contributed by atoms with Gasteiger partial charge in [-0.05, 0) is 55.2 Å². The summed E-state index contributed by atoms with van der Waals surface area (Å²) in [6.45, 7) is 0.664. The Hall–Kier alpha value is -0.710. The van der Waals surface area contributed by atoms with Crippen molar-refractivity contribution in [3.63, 3.8) is 0 Å². The van der Waals surface area contributed by atoms with E-state index in [9.17, 15) is 13.2 Å². The van der Waals surface area contributed by atoms with Crippen molar-refractivity contribution in [2.75, 3.05) is 11.9 Å². The van der Waals surface area contributed by atoms with Crippen LogP contribution >= 0.6 is 15.9 Å². The summed E-state index contributed by atoms with van der Waals surface area (Å²) in [6, 6.07) is 4.08. The van der Waals surface area contributed by atoms with Crippen LogP contribution in [0.15, 0.2) is 22.7 Å². The molecule has 0 saturated heterocycles. The lowest BCUT2D eigenvalue weighted by atomic mass is 10.0. The molecular formula is C14H15BrF3N. The van der Waals surface area contributed by atoms with Crippen molar-refractivity contribution in [1.29, 1.82) is 0 Å². The monoisotopic (exact) mass is 333 g/mol. The van der Waals surface area contributed by atoms with Crippen molar-refractivity contribution in [1.82, 2.24) is 0 Å². The maximum atomic E-state index is 12.9. The van der Waals surface area contributed by atoms with Gasteiger partial charge < -0.3 is 5.32 Å². The van der Waals surface area contributed by atoms with E-state index in [2.05, 4.69) is 21.2 Å². The van der Waals surface area contributed by atoms with Crippen LogP contribution in [0.3, 0.4) is 0 Å². The number of hydrogen-bond donors (Lipinski definition) is 1. The summed E-state index contributed by atoms with van der Waals surface area (Å²) in [5.74, 6) is 0.737. The molecule has 1 N–H and O–H groups in total. The molecule has 19 heavy (non-hydrogen) atoms. The predicted octanol–water partition coefficient (Wildman–Crippen LogP) is 5.07. The van der Waals surface area contributed by atoms with Gasteiger partial charge in [0.2, 0.25) is 0 Å². The lowest BCUT2D eigenvalue weighted by Gasteiger charge is -2.19. The average molecular weight is 334 g/mol. The highest BCUT2D eigenvalue weighted by molar-refractivity contribution is 9.10. The first-order valence-electron chi connectivity index (χ1n) is 6.51. The number of rotatable bonds is 4. The molecule has 0 aliphatic heterocycles. The molecule has 0 aromatic heterocycles. The highest BCUT2D eigenvalue weighted by atomic mass is 79.9. The summed E-state index contributed by atoms with van der Waals surface area (Å²) in [5.41, 5.74) is -0.110. The number of alkyl halides is 3. The molecular weight excluding hydrogens is 319 g/mol. The van der Waals surface area contributed by atoms with Crippen LogP contribution in [-0.4, -0.2) is 6.54 Å². The predicted molar refractivity (Wildman–Crippen MR) is 72.0 cm³/mol. The van der Waals surface area contributed by atoms with Gasteiger partial charge in [0.15, 0.2) is 0 Å². The number of hydrogen-bond acceptors (Lipinski definition) is 1. The number of halogens is 4. The van der Waals surface area contributed by atoms with Crippen molar-refractivity contribution >= 4 is 21.6 Å². The van der Waals surface area contributed by atoms with Gasteiger partial charge in [-0.1, -0.05) is 15.9 Å². The van der Waals surface area contributed by atoms with Crippen LogP contribution in [0, 0.1) is 11.3 Å². The molecule has 2 aliphatic rings. The molecule has 2 aliphatic carbocycles. The standard InChI is InChI=1S/C14H15BrF3N/c15-10-3-4-11(14(16,17)18)12(7-10)19-8-13(5-6-13)9-1-2-9/h3-4,7,9,19H,1-2,5-6,8H2. The summed E-state index contributed by atoms with van der Waals surface area (Å²) < 4.78 is 39.5. The SMILES string of the molecule is FC(F)(F)c1ccc(Br)cc1NCC1(C2CC2)CC1. The van der Waals surface area contributed by atoms with Gasteiger partial charge >= 0.3 is 6.18 Å². The first-order valence-corrected chi connectivity index (χ1v) is 7.31. The summed E-state index contributed by atoms with van der Waals surface area (Å²) in [7, 11) is 0. The maximum Gasteiger partial charge on any atom is 0.418 e. The van der Waals surface area contributed by atoms with E-state index in [-0.39, 0.29) is 11.1 Å². The van der Waals surface area contributed by atoms with Crippen molar-refractivity contribution in [2.24, 2.45) is 11.3 Å². The molecule has 0 atom stereocenters. The zero-order valence-electron chi connectivity index (χ0n) is 10.4. The molecule has 0 unspecified atom stereocenters. The van der Waals surface area contributed by atoms with Gasteiger partial charge in [0.1, 0.15) is 0 Å². The molecule has 1 nitrogen and oxygen atoms in total. The van der Waals surface area contributed by atoms with Gasteiger partial charge in [-0.3, -0.25) is 0 Å². The smallest absolute Gasteiger partial charge is 0.384 e. The van der Waals surface area contributed by atoms with E-state index in [1.165, 1.54) is 25.0 Å². The molecule has 0 bridgehead atoms. The van der Waals surface area contributed by atoms with Gasteiger partial charge in [0, 0.05) is 16.7 Å². The van der Waals surface area contributed by atoms with Crippen molar-refractivity contribution in [2.45, 2.75) is 31.9 Å². The van der Waals surface area contributed by atoms with Crippen LogP contribution in [-0.2, 0) is 6.18 Å². The maximum absolute atomic E-state index is 12.9. The minimum atomic E-state index is -4.31. The van der Waals surface area contributed by atoms with Gasteiger partial charge in [-0.25, -0.2) is 0 Å². The minimum absolute atomic E-state index is 0.189. The molecule has 0 heterocycles. The molecule has 0 amide bonds. The molecule has 1 aromatic rings. The summed E-state index contributed by atoms with van der Waals surface area (Å²) >= 11 is 3.23. The topological polar surface area (TPSA) is 12.0 Å². The van der Waals surface area contributed by atoms with E-state index < -0.39 is 11.7 Å². The van der Waals surface area contributed by atoms with E-state index >= 15 is 0 Å². The van der Waals surface area contributed by atoms with E-state index in [4.69, 9.17) is 0 Å². The lowest BCUT2D eigenvalue weighted by Crippen LogP contribution is -2.19. The van der Waals surface area contributed by atoms with Crippen LogP contribution in [0.1, 0.15) is 31.2 Å². The third-order valence-corrected chi connectivity index (χ3v) is 4.75. The Morgan fingerprint density at radius 3 is 2.47 bits per heavy atom. The quantitative estimate of drug-likeness (QED) is 0.811. The second-order valence-corrected chi connectivity index (χ2v) is 6.59. The third-order valence-electron chi connectivity index (χ3n) is 4.25.